The summed E-state index contributed by atoms with van der Waals surface area (Å²) in [6, 6.07) is 4.06. The fourth-order valence-electron chi connectivity index (χ4n) is 1.36. The van der Waals surface area contributed by atoms with Crippen LogP contribution in [0.2, 0.25) is 0 Å². The summed E-state index contributed by atoms with van der Waals surface area (Å²) in [5, 5.41) is 9.05. The number of halogens is 1. The van der Waals surface area contributed by atoms with Crippen molar-refractivity contribution in [2.24, 2.45) is 0 Å². The minimum absolute atomic E-state index is 0.0468. The van der Waals surface area contributed by atoms with Gasteiger partial charge in [0, 0.05) is 6.20 Å². The third-order valence-electron chi connectivity index (χ3n) is 2.08. The number of nitriles is 1. The molecule has 0 aliphatic carbocycles. The molecule has 14 heavy (non-hydrogen) atoms. The molecule has 74 valence electrons. The quantitative estimate of drug-likeness (QED) is 0.666. The molecule has 0 N–H and O–H groups in total. The Kier molecular flexibility index (Phi) is 3.13. The smallest absolute Gasteiger partial charge is 0.101 e. The molecule has 0 saturated heterocycles. The van der Waals surface area contributed by atoms with Crippen molar-refractivity contribution in [3.05, 3.63) is 29.1 Å². The van der Waals surface area contributed by atoms with Crippen molar-refractivity contribution in [1.82, 2.24) is 4.98 Å². The van der Waals surface area contributed by atoms with Gasteiger partial charge in [-0.25, -0.2) is 0 Å². The normalized spacial score (nSPS) is 11.1. The average Bonchev–Trinajstić information content (AvgIpc) is 2.15. The molecule has 0 aliphatic heterocycles. The number of nitrogens with zero attached hydrogens (tertiary/aromatic N) is 2. The number of aromatic nitrogens is 1. The monoisotopic (exact) mass is 208 g/mol. The summed E-state index contributed by atoms with van der Waals surface area (Å²) in [7, 11) is 0. The van der Waals surface area contributed by atoms with Gasteiger partial charge in [-0.05, 0) is 17.0 Å². The molecule has 2 nitrogen and oxygen atoms in total. The van der Waals surface area contributed by atoms with Crippen molar-refractivity contribution in [2.45, 2.75) is 32.1 Å². The van der Waals surface area contributed by atoms with Gasteiger partial charge in [-0.1, -0.05) is 20.8 Å². The van der Waals surface area contributed by atoms with E-state index in [0.29, 0.717) is 11.3 Å². The van der Waals surface area contributed by atoms with Crippen LogP contribution >= 0.6 is 11.6 Å². The van der Waals surface area contributed by atoms with Crippen molar-refractivity contribution in [3.8, 4) is 6.07 Å². The maximum Gasteiger partial charge on any atom is 0.101 e. The second-order valence-corrected chi connectivity index (χ2v) is 4.44. The molecule has 0 aromatic carbocycles. The topological polar surface area (TPSA) is 36.7 Å². The van der Waals surface area contributed by atoms with Gasteiger partial charge in [-0.2, -0.15) is 5.26 Å². The molecule has 0 atom stereocenters. The Bertz CT molecular complexity index is 372. The Balaban J connectivity index is 3.39. The van der Waals surface area contributed by atoms with Crippen molar-refractivity contribution >= 4 is 11.6 Å². The number of alkyl halides is 1. The first-order chi connectivity index (χ1) is 6.50. The molecule has 0 fully saturated rings. The minimum atomic E-state index is -0.0468. The predicted octanol–water partition coefficient (Wildman–Crippen LogP) is 2.99. The number of hydrogen-bond donors (Lipinski definition) is 0. The Labute approximate surface area is 89.5 Å². The highest BCUT2D eigenvalue weighted by molar-refractivity contribution is 6.17. The lowest BCUT2D eigenvalue weighted by molar-refractivity contribution is 0.586. The lowest BCUT2D eigenvalue weighted by Gasteiger charge is -2.20. The zero-order valence-electron chi connectivity index (χ0n) is 8.63. The fourth-order valence-corrected chi connectivity index (χ4v) is 1.56. The molecular formula is C11H13ClN2. The largest absolute Gasteiger partial charge is 0.259 e. The highest BCUT2D eigenvalue weighted by Crippen LogP contribution is 2.26. The molecule has 3 heteroatoms. The van der Waals surface area contributed by atoms with Gasteiger partial charge in [0.2, 0.25) is 0 Å². The molecule has 1 heterocycles. The molecule has 0 amide bonds. The van der Waals surface area contributed by atoms with Gasteiger partial charge < -0.3 is 0 Å². The van der Waals surface area contributed by atoms with E-state index >= 15 is 0 Å². The summed E-state index contributed by atoms with van der Waals surface area (Å²) < 4.78 is 0. The molecule has 1 rings (SSSR count). The van der Waals surface area contributed by atoms with Gasteiger partial charge in [0.15, 0.2) is 0 Å². The highest BCUT2D eigenvalue weighted by Gasteiger charge is 2.20. The van der Waals surface area contributed by atoms with Gasteiger partial charge in [0.1, 0.15) is 6.07 Å². The van der Waals surface area contributed by atoms with E-state index in [0.717, 1.165) is 5.56 Å². The predicted molar refractivity (Wildman–Crippen MR) is 57.2 cm³/mol. The van der Waals surface area contributed by atoms with Crippen LogP contribution in [0.3, 0.4) is 0 Å². The molecule has 0 saturated carbocycles. The molecule has 0 radical (unpaired) electrons. The summed E-state index contributed by atoms with van der Waals surface area (Å²) in [5.74, 6) is 0.285. The standard InChI is InChI=1S/C11H13ClN2/c1-11(2,3)9-4-5-14-10(6-12)8(9)7-13/h4-5H,6H2,1-3H3. The van der Waals surface area contributed by atoms with Crippen LogP contribution in [-0.4, -0.2) is 4.98 Å². The summed E-state index contributed by atoms with van der Waals surface area (Å²) >= 11 is 5.72. The van der Waals surface area contributed by atoms with Crippen LogP contribution in [-0.2, 0) is 11.3 Å². The average molecular weight is 209 g/mol. The van der Waals surface area contributed by atoms with E-state index in [1.807, 2.05) is 6.07 Å². The maximum atomic E-state index is 9.05. The molecule has 1 aromatic rings. The minimum Gasteiger partial charge on any atom is -0.259 e. The summed E-state index contributed by atoms with van der Waals surface area (Å²) in [5.41, 5.74) is 2.25. The number of pyridine rings is 1. The van der Waals surface area contributed by atoms with Crippen molar-refractivity contribution in [2.75, 3.05) is 0 Å². The Hall–Kier alpha value is -1.07. The van der Waals surface area contributed by atoms with Crippen molar-refractivity contribution in [1.29, 1.82) is 5.26 Å². The zero-order valence-corrected chi connectivity index (χ0v) is 9.39. The fraction of sp³-hybridized carbons (Fsp3) is 0.455. The van der Waals surface area contributed by atoms with Gasteiger partial charge in [-0.3, -0.25) is 4.98 Å². The van der Waals surface area contributed by atoms with Crippen LogP contribution in [0.25, 0.3) is 0 Å². The second-order valence-electron chi connectivity index (χ2n) is 4.18. The van der Waals surface area contributed by atoms with Gasteiger partial charge in [0.25, 0.3) is 0 Å². The van der Waals surface area contributed by atoms with E-state index in [9.17, 15) is 0 Å². The lowest BCUT2D eigenvalue weighted by Crippen LogP contribution is -2.14. The van der Waals surface area contributed by atoms with Gasteiger partial charge >= 0.3 is 0 Å². The maximum absolute atomic E-state index is 9.05. The summed E-state index contributed by atoms with van der Waals surface area (Å²) in [6.07, 6.45) is 1.71. The molecule has 1 aromatic heterocycles. The Morgan fingerprint density at radius 1 is 1.50 bits per heavy atom. The summed E-state index contributed by atoms with van der Waals surface area (Å²) in [6.45, 7) is 6.21. The van der Waals surface area contributed by atoms with E-state index in [4.69, 9.17) is 16.9 Å². The number of hydrogen-bond acceptors (Lipinski definition) is 2. The van der Waals surface area contributed by atoms with Crippen molar-refractivity contribution in [3.63, 3.8) is 0 Å². The third-order valence-corrected chi connectivity index (χ3v) is 2.33. The van der Waals surface area contributed by atoms with Crippen LogP contribution in [0.5, 0.6) is 0 Å². The molecule has 0 aliphatic rings. The first-order valence-electron chi connectivity index (χ1n) is 4.45. The van der Waals surface area contributed by atoms with E-state index in [1.165, 1.54) is 0 Å². The van der Waals surface area contributed by atoms with Crippen LogP contribution in [0.4, 0.5) is 0 Å². The summed E-state index contributed by atoms with van der Waals surface area (Å²) in [4.78, 5) is 4.09. The van der Waals surface area contributed by atoms with Gasteiger partial charge in [0.05, 0.1) is 17.1 Å². The SMILES string of the molecule is CC(C)(C)c1ccnc(CCl)c1C#N. The van der Waals surface area contributed by atoms with E-state index < -0.39 is 0 Å². The molecule has 0 bridgehead atoms. The van der Waals surface area contributed by atoms with E-state index in [2.05, 4.69) is 31.8 Å². The zero-order chi connectivity index (χ0) is 10.8. The second kappa shape index (κ2) is 3.98. The molecular weight excluding hydrogens is 196 g/mol. The van der Waals surface area contributed by atoms with Crippen LogP contribution in [0.15, 0.2) is 12.3 Å². The molecule has 0 unspecified atom stereocenters. The van der Waals surface area contributed by atoms with Crippen LogP contribution in [0, 0.1) is 11.3 Å². The van der Waals surface area contributed by atoms with Crippen LogP contribution in [0.1, 0.15) is 37.6 Å². The Morgan fingerprint density at radius 2 is 2.14 bits per heavy atom. The van der Waals surface area contributed by atoms with Crippen molar-refractivity contribution < 1.29 is 0 Å². The van der Waals surface area contributed by atoms with Gasteiger partial charge in [-0.15, -0.1) is 11.6 Å². The first-order valence-corrected chi connectivity index (χ1v) is 4.98. The first kappa shape index (κ1) is 11.0. The highest BCUT2D eigenvalue weighted by atomic mass is 35.5. The lowest BCUT2D eigenvalue weighted by atomic mass is 9.84. The van der Waals surface area contributed by atoms with E-state index in [-0.39, 0.29) is 11.3 Å². The molecule has 0 spiro atoms. The van der Waals surface area contributed by atoms with E-state index in [1.54, 1.807) is 6.20 Å². The number of rotatable bonds is 1. The third kappa shape index (κ3) is 2.05. The van der Waals surface area contributed by atoms with Crippen LogP contribution < -0.4 is 0 Å². The Morgan fingerprint density at radius 3 is 2.57 bits per heavy atom.